The summed E-state index contributed by atoms with van der Waals surface area (Å²) in [5, 5.41) is 9.36. The third-order valence-electron chi connectivity index (χ3n) is 1.77. The lowest BCUT2D eigenvalue weighted by atomic mass is 10.2. The van der Waals surface area contributed by atoms with Gasteiger partial charge in [-0.3, -0.25) is 0 Å². The summed E-state index contributed by atoms with van der Waals surface area (Å²) in [5.74, 6) is 0. The van der Waals surface area contributed by atoms with Gasteiger partial charge in [0.15, 0.2) is 5.13 Å². The standard InChI is InChI=1S/C9H14FNOS/c1-11(2)6-5-7(12)8-3-4-9(10)13-8/h3-4,7,12H,5-6H2,1-2H3. The monoisotopic (exact) mass is 203 g/mol. The molecular weight excluding hydrogens is 189 g/mol. The molecule has 0 saturated heterocycles. The van der Waals surface area contributed by atoms with Crippen LogP contribution >= 0.6 is 11.3 Å². The molecule has 1 N–H and O–H groups in total. The first-order chi connectivity index (χ1) is 6.09. The van der Waals surface area contributed by atoms with Gasteiger partial charge in [0.05, 0.1) is 6.10 Å². The number of rotatable bonds is 4. The summed E-state index contributed by atoms with van der Waals surface area (Å²) in [7, 11) is 3.89. The molecular formula is C9H14FNOS. The maximum Gasteiger partial charge on any atom is 0.176 e. The van der Waals surface area contributed by atoms with E-state index in [0.717, 1.165) is 17.9 Å². The first-order valence-electron chi connectivity index (χ1n) is 4.17. The summed E-state index contributed by atoms with van der Waals surface area (Å²) in [5.41, 5.74) is 0. The smallest absolute Gasteiger partial charge is 0.176 e. The quantitative estimate of drug-likeness (QED) is 0.807. The summed E-state index contributed by atoms with van der Waals surface area (Å²) in [6.45, 7) is 0.806. The zero-order valence-corrected chi connectivity index (χ0v) is 8.64. The van der Waals surface area contributed by atoms with E-state index in [-0.39, 0.29) is 5.13 Å². The lowest BCUT2D eigenvalue weighted by Crippen LogP contribution is -2.15. The molecule has 0 aromatic carbocycles. The maximum absolute atomic E-state index is 12.6. The van der Waals surface area contributed by atoms with Crippen LogP contribution in [0.5, 0.6) is 0 Å². The average Bonchev–Trinajstić information content (AvgIpc) is 2.47. The highest BCUT2D eigenvalue weighted by molar-refractivity contribution is 7.10. The molecule has 1 aromatic rings. The van der Waals surface area contributed by atoms with Crippen LogP contribution in [0.1, 0.15) is 17.4 Å². The maximum atomic E-state index is 12.6. The van der Waals surface area contributed by atoms with Gasteiger partial charge in [-0.15, -0.1) is 11.3 Å². The topological polar surface area (TPSA) is 23.5 Å². The highest BCUT2D eigenvalue weighted by Gasteiger charge is 2.10. The fourth-order valence-corrected chi connectivity index (χ4v) is 1.78. The Labute approximate surface area is 81.6 Å². The fourth-order valence-electron chi connectivity index (χ4n) is 1.03. The molecule has 0 spiro atoms. The molecule has 1 heterocycles. The minimum atomic E-state index is -0.531. The van der Waals surface area contributed by atoms with Crippen molar-refractivity contribution >= 4 is 11.3 Å². The molecule has 1 unspecified atom stereocenters. The molecule has 0 bridgehead atoms. The minimum absolute atomic E-state index is 0.237. The van der Waals surface area contributed by atoms with Gasteiger partial charge in [-0.2, -0.15) is 4.39 Å². The zero-order chi connectivity index (χ0) is 9.84. The number of nitrogens with zero attached hydrogens (tertiary/aromatic N) is 1. The summed E-state index contributed by atoms with van der Waals surface area (Å²) >= 11 is 1.01. The van der Waals surface area contributed by atoms with Crippen LogP contribution < -0.4 is 0 Å². The van der Waals surface area contributed by atoms with Gasteiger partial charge in [-0.05, 0) is 32.6 Å². The molecule has 13 heavy (non-hydrogen) atoms. The summed E-state index contributed by atoms with van der Waals surface area (Å²) in [4.78, 5) is 2.70. The van der Waals surface area contributed by atoms with Crippen LogP contribution in [0.4, 0.5) is 4.39 Å². The van der Waals surface area contributed by atoms with Crippen molar-refractivity contribution in [2.45, 2.75) is 12.5 Å². The van der Waals surface area contributed by atoms with Crippen molar-refractivity contribution in [1.82, 2.24) is 4.90 Å². The van der Waals surface area contributed by atoms with E-state index in [9.17, 15) is 9.50 Å². The summed E-state index contributed by atoms with van der Waals surface area (Å²) in [6, 6.07) is 3.03. The number of aliphatic hydroxyl groups excluding tert-OH is 1. The van der Waals surface area contributed by atoms with Crippen molar-refractivity contribution in [3.05, 3.63) is 22.1 Å². The van der Waals surface area contributed by atoms with Crippen LogP contribution in [-0.2, 0) is 0 Å². The molecule has 0 radical (unpaired) electrons. The van der Waals surface area contributed by atoms with E-state index in [1.54, 1.807) is 6.07 Å². The molecule has 2 nitrogen and oxygen atoms in total. The number of halogens is 1. The Morgan fingerprint density at radius 3 is 2.69 bits per heavy atom. The zero-order valence-electron chi connectivity index (χ0n) is 7.83. The molecule has 1 rings (SSSR count). The first-order valence-corrected chi connectivity index (χ1v) is 4.99. The van der Waals surface area contributed by atoms with E-state index in [2.05, 4.69) is 0 Å². The van der Waals surface area contributed by atoms with Gasteiger partial charge in [0, 0.05) is 11.4 Å². The Kier molecular flexibility index (Phi) is 3.84. The van der Waals surface area contributed by atoms with Crippen molar-refractivity contribution in [2.75, 3.05) is 20.6 Å². The fraction of sp³-hybridized carbons (Fsp3) is 0.556. The normalized spacial score (nSPS) is 13.6. The Morgan fingerprint density at radius 2 is 2.23 bits per heavy atom. The molecule has 1 aromatic heterocycles. The molecule has 0 aliphatic carbocycles. The largest absolute Gasteiger partial charge is 0.388 e. The predicted molar refractivity (Wildman–Crippen MR) is 52.4 cm³/mol. The Morgan fingerprint density at radius 1 is 1.54 bits per heavy atom. The molecule has 4 heteroatoms. The lowest BCUT2D eigenvalue weighted by molar-refractivity contribution is 0.158. The summed E-state index contributed by atoms with van der Waals surface area (Å²) in [6.07, 6.45) is 0.115. The predicted octanol–water partition coefficient (Wildman–Crippen LogP) is 1.87. The van der Waals surface area contributed by atoms with Crippen LogP contribution in [0.25, 0.3) is 0 Å². The van der Waals surface area contributed by atoms with Crippen molar-refractivity contribution in [2.24, 2.45) is 0 Å². The second-order valence-electron chi connectivity index (χ2n) is 3.25. The molecule has 0 aliphatic rings. The van der Waals surface area contributed by atoms with Crippen LogP contribution in [0.3, 0.4) is 0 Å². The number of aliphatic hydroxyl groups is 1. The van der Waals surface area contributed by atoms with Crippen molar-refractivity contribution < 1.29 is 9.50 Å². The van der Waals surface area contributed by atoms with Crippen LogP contribution in [0.15, 0.2) is 12.1 Å². The van der Waals surface area contributed by atoms with Crippen LogP contribution in [0, 0.1) is 5.13 Å². The second-order valence-corrected chi connectivity index (χ2v) is 4.32. The van der Waals surface area contributed by atoms with Gasteiger partial charge in [-0.25, -0.2) is 0 Å². The number of hydrogen-bond donors (Lipinski definition) is 1. The van der Waals surface area contributed by atoms with E-state index in [1.165, 1.54) is 6.07 Å². The van der Waals surface area contributed by atoms with E-state index in [1.807, 2.05) is 19.0 Å². The van der Waals surface area contributed by atoms with Crippen molar-refractivity contribution in [3.8, 4) is 0 Å². The van der Waals surface area contributed by atoms with Gasteiger partial charge in [-0.1, -0.05) is 0 Å². The first kappa shape index (κ1) is 10.6. The molecule has 0 fully saturated rings. The second kappa shape index (κ2) is 4.69. The Balaban J connectivity index is 2.44. The molecule has 0 saturated carbocycles. The van der Waals surface area contributed by atoms with Crippen LogP contribution in [-0.4, -0.2) is 30.6 Å². The Bertz CT molecular complexity index is 262. The summed E-state index contributed by atoms with van der Waals surface area (Å²) < 4.78 is 12.6. The SMILES string of the molecule is CN(C)CCC(O)c1ccc(F)s1. The average molecular weight is 203 g/mol. The van der Waals surface area contributed by atoms with Crippen molar-refractivity contribution in [1.29, 1.82) is 0 Å². The van der Waals surface area contributed by atoms with Gasteiger partial charge >= 0.3 is 0 Å². The van der Waals surface area contributed by atoms with E-state index in [4.69, 9.17) is 0 Å². The van der Waals surface area contributed by atoms with Crippen LogP contribution in [0.2, 0.25) is 0 Å². The number of thiophene rings is 1. The number of hydrogen-bond acceptors (Lipinski definition) is 3. The van der Waals surface area contributed by atoms with E-state index >= 15 is 0 Å². The third kappa shape index (κ3) is 3.42. The van der Waals surface area contributed by atoms with Gasteiger partial charge in [0.2, 0.25) is 0 Å². The Hall–Kier alpha value is -0.450. The van der Waals surface area contributed by atoms with Gasteiger partial charge in [0.1, 0.15) is 0 Å². The van der Waals surface area contributed by atoms with Crippen molar-refractivity contribution in [3.63, 3.8) is 0 Å². The van der Waals surface area contributed by atoms with Gasteiger partial charge < -0.3 is 10.0 Å². The minimum Gasteiger partial charge on any atom is -0.388 e. The van der Waals surface area contributed by atoms with E-state index < -0.39 is 6.10 Å². The molecule has 0 aliphatic heterocycles. The molecule has 1 atom stereocenters. The molecule has 74 valence electrons. The lowest BCUT2D eigenvalue weighted by Gasteiger charge is -2.12. The van der Waals surface area contributed by atoms with Gasteiger partial charge in [0.25, 0.3) is 0 Å². The third-order valence-corrected chi connectivity index (χ3v) is 2.75. The molecule has 0 amide bonds. The highest BCUT2D eigenvalue weighted by Crippen LogP contribution is 2.24. The van der Waals surface area contributed by atoms with E-state index in [0.29, 0.717) is 11.3 Å². The highest BCUT2D eigenvalue weighted by atomic mass is 32.1.